The average molecular weight is 411 g/mol. The van der Waals surface area contributed by atoms with E-state index < -0.39 is 12.0 Å². The summed E-state index contributed by atoms with van der Waals surface area (Å²) in [5.41, 5.74) is 6.93. The molecule has 3 nitrogen and oxygen atoms in total. The number of nitrogens with two attached hydrogens (primary N) is 1. The Labute approximate surface area is 140 Å². The molecule has 0 fully saturated rings. The summed E-state index contributed by atoms with van der Waals surface area (Å²) >= 11 is 2.35. The van der Waals surface area contributed by atoms with Crippen molar-refractivity contribution in [3.8, 4) is 5.75 Å². The molecule has 0 amide bonds. The summed E-state index contributed by atoms with van der Waals surface area (Å²) in [6, 6.07) is 16.7. The maximum atomic E-state index is 12.0. The second kappa shape index (κ2) is 8.52. The first kappa shape index (κ1) is 16.5. The molecule has 0 aliphatic rings. The molecule has 0 saturated heterocycles. The van der Waals surface area contributed by atoms with Gasteiger partial charge in [0.1, 0.15) is 11.8 Å². The molecule has 108 valence electrons. The van der Waals surface area contributed by atoms with Crippen LogP contribution in [-0.4, -0.2) is 16.9 Å². The third-order valence-electron chi connectivity index (χ3n) is 2.94. The van der Waals surface area contributed by atoms with Crippen LogP contribution >= 0.6 is 30.8 Å². The number of halogens is 1. The largest absolute Gasteiger partial charge is 0.425 e. The van der Waals surface area contributed by atoms with Gasteiger partial charge < -0.3 is 10.5 Å². The van der Waals surface area contributed by atoms with Gasteiger partial charge in [0.25, 0.3) is 0 Å². The van der Waals surface area contributed by atoms with Crippen LogP contribution in [0.4, 0.5) is 0 Å². The first-order valence-electron chi connectivity index (χ1n) is 6.60. The van der Waals surface area contributed by atoms with Crippen LogP contribution in [0.15, 0.2) is 54.6 Å². The molecule has 2 atom stereocenters. The third-order valence-corrected chi connectivity index (χ3v) is 4.96. The number of hydrogen-bond donors (Lipinski definition) is 1. The Kier molecular flexibility index (Phi) is 6.68. The van der Waals surface area contributed by atoms with Crippen LogP contribution in [0.25, 0.3) is 0 Å². The maximum Gasteiger partial charge on any atom is 0.328 e. The van der Waals surface area contributed by atoms with E-state index >= 15 is 0 Å². The molecule has 0 saturated carbocycles. The fraction of sp³-hybridized carbons (Fsp3) is 0.133. The number of rotatable bonds is 6. The van der Waals surface area contributed by atoms with Gasteiger partial charge in [-0.15, -0.1) is 30.8 Å². The molecule has 2 aromatic rings. The van der Waals surface area contributed by atoms with Crippen LogP contribution in [0.5, 0.6) is 5.75 Å². The summed E-state index contributed by atoms with van der Waals surface area (Å²) in [4.78, 5) is 13.1. The Morgan fingerprint density at radius 2 is 1.86 bits per heavy atom. The SMILES string of the molecule is N[C@@H](Cc1ccccc1)C(=O)Oc1ccc(PBI)cc1. The predicted molar refractivity (Wildman–Crippen MR) is 99.3 cm³/mol. The highest BCUT2D eigenvalue weighted by Gasteiger charge is 2.16. The van der Waals surface area contributed by atoms with Gasteiger partial charge in [0, 0.05) is 0 Å². The molecule has 0 aromatic heterocycles. The van der Waals surface area contributed by atoms with Gasteiger partial charge in [-0.2, -0.15) is 0 Å². The Hall–Kier alpha value is -0.905. The molecule has 21 heavy (non-hydrogen) atoms. The van der Waals surface area contributed by atoms with Gasteiger partial charge in [0.05, 0.1) is 0 Å². The Morgan fingerprint density at radius 1 is 1.19 bits per heavy atom. The van der Waals surface area contributed by atoms with Gasteiger partial charge in [0.15, 0.2) is 0 Å². The summed E-state index contributed by atoms with van der Waals surface area (Å²) in [7, 11) is 0.777. The lowest BCUT2D eigenvalue weighted by molar-refractivity contribution is -0.135. The quantitative estimate of drug-likeness (QED) is 0.261. The normalized spacial score (nSPS) is 12.3. The first-order valence-corrected chi connectivity index (χ1v) is 9.33. The van der Waals surface area contributed by atoms with Crippen LogP contribution in [0.3, 0.4) is 0 Å². The van der Waals surface area contributed by atoms with Crippen LogP contribution in [0.1, 0.15) is 5.56 Å². The lowest BCUT2D eigenvalue weighted by atomic mass is 10.1. The summed E-state index contributed by atoms with van der Waals surface area (Å²) in [6.45, 7) is 0. The van der Waals surface area contributed by atoms with E-state index in [4.69, 9.17) is 10.5 Å². The van der Waals surface area contributed by atoms with E-state index in [1.165, 1.54) is 5.30 Å². The van der Waals surface area contributed by atoms with Gasteiger partial charge in [-0.1, -0.05) is 42.5 Å². The van der Waals surface area contributed by atoms with Gasteiger partial charge in [-0.25, -0.2) is 4.79 Å². The van der Waals surface area contributed by atoms with Crippen molar-refractivity contribution in [1.29, 1.82) is 0 Å². The molecule has 0 heterocycles. The van der Waals surface area contributed by atoms with Gasteiger partial charge in [-0.3, -0.25) is 0 Å². The lowest BCUT2D eigenvalue weighted by Crippen LogP contribution is -2.36. The summed E-state index contributed by atoms with van der Waals surface area (Å²) in [5, 5.41) is 1.26. The molecule has 0 spiro atoms. The van der Waals surface area contributed by atoms with Gasteiger partial charge in [0.2, 0.25) is 4.86 Å². The summed E-state index contributed by atoms with van der Waals surface area (Å²) in [6.07, 6.45) is 0.480. The zero-order valence-corrected chi connectivity index (χ0v) is 14.6. The molecule has 1 unspecified atom stereocenters. The molecule has 6 heteroatoms. The zero-order chi connectivity index (χ0) is 15.1. The zero-order valence-electron chi connectivity index (χ0n) is 11.5. The highest BCUT2D eigenvalue weighted by Crippen LogP contribution is 2.15. The standard InChI is InChI=1S/C15H16BINO2P/c17-16-21-13-8-6-12(7-9-13)20-15(19)14(18)10-11-4-2-1-3-5-11/h1-9,14,16,21H,10,18H2/t14-/m0/s1. The van der Waals surface area contributed by atoms with Crippen LogP contribution in [-0.2, 0) is 11.2 Å². The van der Waals surface area contributed by atoms with Crippen molar-refractivity contribution in [3.63, 3.8) is 0 Å². The van der Waals surface area contributed by atoms with E-state index in [1.54, 1.807) is 0 Å². The number of carbonyl (C=O) groups is 1. The predicted octanol–water partition coefficient (Wildman–Crippen LogP) is 2.17. The summed E-state index contributed by atoms with van der Waals surface area (Å²) < 4.78 is 5.32. The molecule has 0 radical (unpaired) electrons. The van der Waals surface area contributed by atoms with Crippen LogP contribution in [0.2, 0.25) is 0 Å². The first-order chi connectivity index (χ1) is 10.2. The molecule has 0 bridgehead atoms. The highest BCUT2D eigenvalue weighted by molar-refractivity contribution is 14.1. The summed E-state index contributed by atoms with van der Waals surface area (Å²) in [5.74, 6) is 0.147. The second-order valence-electron chi connectivity index (χ2n) is 4.55. The third kappa shape index (κ3) is 5.42. The lowest BCUT2D eigenvalue weighted by Gasteiger charge is -2.11. The van der Waals surface area contributed by atoms with Crippen molar-refractivity contribution in [3.05, 3.63) is 60.2 Å². The monoisotopic (exact) mass is 411 g/mol. The number of esters is 1. The molecule has 0 aliphatic carbocycles. The smallest absolute Gasteiger partial charge is 0.328 e. The van der Waals surface area contributed by atoms with E-state index in [9.17, 15) is 4.79 Å². The maximum absolute atomic E-state index is 12.0. The van der Waals surface area contributed by atoms with Crippen molar-refractivity contribution in [2.24, 2.45) is 5.73 Å². The van der Waals surface area contributed by atoms with Crippen molar-refractivity contribution >= 4 is 47.0 Å². The van der Waals surface area contributed by atoms with E-state index in [0.717, 1.165) is 18.9 Å². The molecular weight excluding hydrogens is 395 g/mol. The fourth-order valence-corrected chi connectivity index (χ4v) is 3.74. The van der Waals surface area contributed by atoms with Gasteiger partial charge >= 0.3 is 5.97 Å². The Balaban J connectivity index is 1.91. The van der Waals surface area contributed by atoms with Crippen molar-refractivity contribution in [1.82, 2.24) is 0 Å². The molecule has 2 aromatic carbocycles. The molecule has 2 N–H and O–H groups in total. The number of benzene rings is 2. The van der Waals surface area contributed by atoms with Crippen LogP contribution in [0, 0.1) is 0 Å². The minimum absolute atomic E-state index is 0.400. The molecule has 0 aliphatic heterocycles. The highest BCUT2D eigenvalue weighted by atomic mass is 127. The fourth-order valence-electron chi connectivity index (χ4n) is 1.86. The van der Waals surface area contributed by atoms with E-state index in [2.05, 4.69) is 22.4 Å². The van der Waals surface area contributed by atoms with Crippen molar-refractivity contribution < 1.29 is 9.53 Å². The minimum atomic E-state index is -0.650. The Morgan fingerprint density at radius 3 is 2.48 bits per heavy atom. The van der Waals surface area contributed by atoms with Crippen molar-refractivity contribution in [2.45, 2.75) is 12.5 Å². The van der Waals surface area contributed by atoms with Gasteiger partial charge in [-0.05, 0) is 29.4 Å². The molecule has 2 rings (SSSR count). The van der Waals surface area contributed by atoms with Crippen molar-refractivity contribution in [2.75, 3.05) is 0 Å². The average Bonchev–Trinajstić information content (AvgIpc) is 2.50. The second-order valence-corrected chi connectivity index (χ2v) is 8.04. The Bertz CT molecular complexity index is 580. The minimum Gasteiger partial charge on any atom is -0.425 e. The van der Waals surface area contributed by atoms with E-state index in [0.29, 0.717) is 12.2 Å². The number of hydrogen-bond acceptors (Lipinski definition) is 3. The topological polar surface area (TPSA) is 52.3 Å². The van der Waals surface area contributed by atoms with E-state index in [-0.39, 0.29) is 0 Å². The van der Waals surface area contributed by atoms with Crippen LogP contribution < -0.4 is 15.8 Å². The van der Waals surface area contributed by atoms with E-state index in [1.807, 2.05) is 54.6 Å². The molecular formula is C15H16BINO2P. The number of ether oxygens (including phenoxy) is 1. The number of carbonyl (C=O) groups excluding carboxylic acids is 1.